The molecule has 1 N–H and O–H groups in total. The second kappa shape index (κ2) is 6.24. The summed E-state index contributed by atoms with van der Waals surface area (Å²) >= 11 is 11.2. The smallest absolute Gasteiger partial charge is 0.107 e. The van der Waals surface area contributed by atoms with Gasteiger partial charge in [-0.25, -0.2) is 0 Å². The number of thiophene rings is 1. The van der Waals surface area contributed by atoms with Crippen LogP contribution in [0.2, 0.25) is 4.34 Å². The van der Waals surface area contributed by atoms with Gasteiger partial charge in [-0.1, -0.05) is 18.5 Å². The normalized spacial score (nSPS) is 12.9. The van der Waals surface area contributed by atoms with E-state index in [1.807, 2.05) is 13.2 Å². The highest BCUT2D eigenvalue weighted by atomic mass is 79.9. The molecule has 0 aliphatic rings. The van der Waals surface area contributed by atoms with Gasteiger partial charge in [-0.2, -0.15) is 0 Å². The quantitative estimate of drug-likeness (QED) is 0.808. The van der Waals surface area contributed by atoms with Crippen molar-refractivity contribution in [2.75, 3.05) is 6.54 Å². The molecule has 98 valence electrons. The van der Waals surface area contributed by atoms with Gasteiger partial charge in [0.15, 0.2) is 0 Å². The van der Waals surface area contributed by atoms with E-state index in [1.54, 1.807) is 11.3 Å². The predicted octanol–water partition coefficient (Wildman–Crippen LogP) is 5.15. The molecule has 0 aliphatic carbocycles. The maximum Gasteiger partial charge on any atom is 0.107 e. The van der Waals surface area contributed by atoms with Crippen LogP contribution in [0, 0.1) is 6.92 Å². The molecule has 2 aromatic heterocycles. The second-order valence-corrected chi connectivity index (χ2v) is 6.69. The summed E-state index contributed by atoms with van der Waals surface area (Å²) < 4.78 is 7.14. The summed E-state index contributed by atoms with van der Waals surface area (Å²) in [5, 5.41) is 3.53. The van der Waals surface area contributed by atoms with Gasteiger partial charge in [-0.05, 0) is 48.0 Å². The van der Waals surface area contributed by atoms with Crippen LogP contribution < -0.4 is 5.32 Å². The Kier molecular flexibility index (Phi) is 4.90. The lowest BCUT2D eigenvalue weighted by Crippen LogP contribution is -2.21. The van der Waals surface area contributed by atoms with Crippen LogP contribution in [0.15, 0.2) is 27.3 Å². The topological polar surface area (TPSA) is 25.2 Å². The maximum absolute atomic E-state index is 6.12. The van der Waals surface area contributed by atoms with Gasteiger partial charge >= 0.3 is 0 Å². The zero-order valence-electron chi connectivity index (χ0n) is 10.3. The Morgan fingerprint density at radius 1 is 1.50 bits per heavy atom. The van der Waals surface area contributed by atoms with E-state index in [1.165, 1.54) is 4.88 Å². The Morgan fingerprint density at radius 2 is 2.28 bits per heavy atom. The van der Waals surface area contributed by atoms with Gasteiger partial charge in [0.05, 0.1) is 12.3 Å². The molecule has 18 heavy (non-hydrogen) atoms. The van der Waals surface area contributed by atoms with Gasteiger partial charge in [-0.3, -0.25) is 0 Å². The van der Waals surface area contributed by atoms with Gasteiger partial charge in [-0.15, -0.1) is 11.3 Å². The van der Waals surface area contributed by atoms with Crippen molar-refractivity contribution in [3.8, 4) is 0 Å². The van der Waals surface area contributed by atoms with Crippen LogP contribution in [0.3, 0.4) is 0 Å². The zero-order valence-corrected chi connectivity index (χ0v) is 13.5. The minimum absolute atomic E-state index is 0.149. The van der Waals surface area contributed by atoms with Crippen molar-refractivity contribution in [3.05, 3.63) is 43.4 Å². The molecule has 0 aliphatic heterocycles. The molecule has 0 amide bonds. The molecule has 5 heteroatoms. The molecular weight excluding hydrogens is 334 g/mol. The summed E-state index contributed by atoms with van der Waals surface area (Å²) in [6.45, 7) is 5.07. The predicted molar refractivity (Wildman–Crippen MR) is 80.6 cm³/mol. The van der Waals surface area contributed by atoms with E-state index in [0.717, 1.165) is 33.1 Å². The molecule has 2 aromatic rings. The average molecular weight is 349 g/mol. The molecule has 2 rings (SSSR count). The highest BCUT2D eigenvalue weighted by Gasteiger charge is 2.19. The van der Waals surface area contributed by atoms with Gasteiger partial charge < -0.3 is 9.73 Å². The van der Waals surface area contributed by atoms with Crippen LogP contribution in [0.5, 0.6) is 0 Å². The van der Waals surface area contributed by atoms with Crippen molar-refractivity contribution >= 4 is 38.9 Å². The molecular formula is C13H15BrClNOS. The van der Waals surface area contributed by atoms with E-state index in [4.69, 9.17) is 16.0 Å². The first-order valence-electron chi connectivity index (χ1n) is 5.85. The van der Waals surface area contributed by atoms with E-state index < -0.39 is 0 Å². The molecule has 2 nitrogen and oxygen atoms in total. The Hall–Kier alpha value is -0.290. The third-order valence-corrected chi connectivity index (χ3v) is 5.17. The van der Waals surface area contributed by atoms with Crippen molar-refractivity contribution in [1.82, 2.24) is 5.32 Å². The van der Waals surface area contributed by atoms with Crippen molar-refractivity contribution in [1.29, 1.82) is 0 Å². The molecule has 0 saturated heterocycles. The first kappa shape index (κ1) is 14.1. The fourth-order valence-corrected chi connectivity index (χ4v) is 3.63. The van der Waals surface area contributed by atoms with Crippen molar-refractivity contribution < 1.29 is 4.42 Å². The van der Waals surface area contributed by atoms with Gasteiger partial charge in [0.25, 0.3) is 0 Å². The molecule has 0 spiro atoms. The highest BCUT2D eigenvalue weighted by molar-refractivity contribution is 9.10. The van der Waals surface area contributed by atoms with E-state index >= 15 is 0 Å². The largest absolute Gasteiger partial charge is 0.469 e. The Morgan fingerprint density at radius 3 is 2.78 bits per heavy atom. The summed E-state index contributed by atoms with van der Waals surface area (Å²) in [7, 11) is 0. The number of hydrogen-bond acceptors (Lipinski definition) is 3. The first-order valence-corrected chi connectivity index (χ1v) is 7.83. The van der Waals surface area contributed by atoms with Crippen molar-refractivity contribution in [3.63, 3.8) is 0 Å². The van der Waals surface area contributed by atoms with E-state index in [9.17, 15) is 0 Å². The Balaban J connectivity index is 2.30. The van der Waals surface area contributed by atoms with E-state index in [2.05, 4.69) is 40.3 Å². The standard InChI is InChI=1S/C13H15BrClNOS/c1-3-4-16-12(9-5-8(2)17-7-9)11-6-10(14)13(15)18-11/h5-7,12,16H,3-4H2,1-2H3. The minimum Gasteiger partial charge on any atom is -0.469 e. The van der Waals surface area contributed by atoms with Gasteiger partial charge in [0, 0.05) is 14.9 Å². The van der Waals surface area contributed by atoms with Crippen LogP contribution >= 0.6 is 38.9 Å². The monoisotopic (exact) mass is 347 g/mol. The van der Waals surface area contributed by atoms with Gasteiger partial charge in [0.2, 0.25) is 0 Å². The molecule has 1 unspecified atom stereocenters. The summed E-state index contributed by atoms with van der Waals surface area (Å²) in [5.41, 5.74) is 1.14. The highest BCUT2D eigenvalue weighted by Crippen LogP contribution is 2.37. The molecule has 0 saturated carbocycles. The SMILES string of the molecule is CCCNC(c1coc(C)c1)c1cc(Br)c(Cl)s1. The lowest BCUT2D eigenvalue weighted by atomic mass is 10.1. The number of aryl methyl sites for hydroxylation is 1. The van der Waals surface area contributed by atoms with E-state index in [-0.39, 0.29) is 6.04 Å². The van der Waals surface area contributed by atoms with Crippen LogP contribution in [0.4, 0.5) is 0 Å². The minimum atomic E-state index is 0.149. The average Bonchev–Trinajstić information content (AvgIpc) is 2.88. The lowest BCUT2D eigenvalue weighted by molar-refractivity contribution is 0.524. The number of furan rings is 1. The molecule has 0 bridgehead atoms. The van der Waals surface area contributed by atoms with Crippen molar-refractivity contribution in [2.45, 2.75) is 26.3 Å². The number of halogens is 2. The van der Waals surface area contributed by atoms with Crippen molar-refractivity contribution in [2.24, 2.45) is 0 Å². The third-order valence-electron chi connectivity index (χ3n) is 2.63. The first-order chi connectivity index (χ1) is 8.61. The summed E-state index contributed by atoms with van der Waals surface area (Å²) in [5.74, 6) is 0.926. The zero-order chi connectivity index (χ0) is 13.1. The number of hydrogen-bond donors (Lipinski definition) is 1. The summed E-state index contributed by atoms with van der Waals surface area (Å²) in [6.07, 6.45) is 2.90. The molecule has 0 fully saturated rings. The lowest BCUT2D eigenvalue weighted by Gasteiger charge is -2.15. The number of rotatable bonds is 5. The van der Waals surface area contributed by atoms with Crippen LogP contribution in [0.25, 0.3) is 0 Å². The third kappa shape index (κ3) is 3.18. The van der Waals surface area contributed by atoms with Crippen LogP contribution in [-0.4, -0.2) is 6.54 Å². The second-order valence-electron chi connectivity index (χ2n) is 4.15. The van der Waals surface area contributed by atoms with Crippen LogP contribution in [0.1, 0.15) is 35.6 Å². The molecule has 0 radical (unpaired) electrons. The molecule has 1 atom stereocenters. The molecule has 0 aromatic carbocycles. The van der Waals surface area contributed by atoms with Gasteiger partial charge in [0.1, 0.15) is 10.1 Å². The fraction of sp³-hybridized carbons (Fsp3) is 0.385. The van der Waals surface area contributed by atoms with Crippen LogP contribution in [-0.2, 0) is 0 Å². The fourth-order valence-electron chi connectivity index (χ4n) is 1.79. The Bertz CT molecular complexity index is 503. The molecule has 2 heterocycles. The summed E-state index contributed by atoms with van der Waals surface area (Å²) in [4.78, 5) is 1.20. The number of nitrogens with one attached hydrogen (secondary N) is 1. The summed E-state index contributed by atoms with van der Waals surface area (Å²) in [6, 6.07) is 4.29. The Labute approximate surface area is 124 Å². The maximum atomic E-state index is 6.12. The van der Waals surface area contributed by atoms with E-state index in [0.29, 0.717) is 0 Å².